The summed E-state index contributed by atoms with van der Waals surface area (Å²) in [6, 6.07) is 0. The van der Waals surface area contributed by atoms with Gasteiger partial charge in [-0.1, -0.05) is 72.6 Å². The van der Waals surface area contributed by atoms with E-state index in [1.54, 1.807) is 5.20 Å². The molecular weight excluding hydrogens is 315 g/mol. The van der Waals surface area contributed by atoms with Gasteiger partial charge in [0.1, 0.15) is 0 Å². The van der Waals surface area contributed by atoms with Gasteiger partial charge in [0.25, 0.3) is 0 Å². The molecule has 0 radical (unpaired) electrons. The predicted octanol–water partition coefficient (Wildman–Crippen LogP) is 3.49. The lowest BCUT2D eigenvalue weighted by atomic mass is 10.2. The normalized spacial score (nSPS) is 26.1. The van der Waals surface area contributed by atoms with Crippen molar-refractivity contribution in [2.24, 2.45) is 0 Å². The summed E-state index contributed by atoms with van der Waals surface area (Å²) in [6.45, 7) is 9.74. The van der Waals surface area contributed by atoms with E-state index in [2.05, 4.69) is 67.4 Å². The van der Waals surface area contributed by atoms with Crippen molar-refractivity contribution in [3.63, 3.8) is 0 Å². The smallest absolute Gasteiger partial charge is 0.0806 e. The molecule has 0 amide bonds. The predicted molar refractivity (Wildman–Crippen MR) is 81.0 cm³/mol. The fraction of sp³-hybridized carbons (Fsp3) is 0.636. The van der Waals surface area contributed by atoms with Crippen LogP contribution in [0, 0.1) is 0 Å². The SMILES string of the molecule is CC(I)[SiH](C)C1=CCC([SiH](C)C)C=C1. The minimum absolute atomic E-state index is 0.453. The molecule has 0 fully saturated rings. The molecule has 0 N–H and O–H groups in total. The van der Waals surface area contributed by atoms with Crippen LogP contribution in [0.5, 0.6) is 0 Å². The van der Waals surface area contributed by atoms with Crippen LogP contribution in [0.25, 0.3) is 0 Å². The maximum atomic E-state index is 2.59. The topological polar surface area (TPSA) is 0 Å². The van der Waals surface area contributed by atoms with Gasteiger partial charge >= 0.3 is 0 Å². The first kappa shape index (κ1) is 12.7. The van der Waals surface area contributed by atoms with E-state index in [0.717, 1.165) is 9.09 Å². The number of alkyl halides is 1. The number of hydrogen-bond acceptors (Lipinski definition) is 0. The van der Waals surface area contributed by atoms with E-state index in [4.69, 9.17) is 0 Å². The van der Waals surface area contributed by atoms with Crippen molar-refractivity contribution in [2.75, 3.05) is 0 Å². The average molecular weight is 336 g/mol. The molecule has 1 aliphatic rings. The summed E-state index contributed by atoms with van der Waals surface area (Å²) < 4.78 is 0.872. The van der Waals surface area contributed by atoms with Crippen molar-refractivity contribution in [2.45, 2.75) is 42.1 Å². The Labute approximate surface area is 105 Å². The van der Waals surface area contributed by atoms with Gasteiger partial charge in [0, 0.05) is 12.3 Å². The summed E-state index contributed by atoms with van der Waals surface area (Å²) >= 11 is 2.59. The zero-order chi connectivity index (χ0) is 10.7. The number of hydrogen-bond donors (Lipinski definition) is 0. The Bertz CT molecular complexity index is 244. The van der Waals surface area contributed by atoms with Crippen LogP contribution < -0.4 is 0 Å². The van der Waals surface area contributed by atoms with Crippen LogP contribution in [0.15, 0.2) is 23.4 Å². The molecule has 0 aliphatic heterocycles. The van der Waals surface area contributed by atoms with Crippen LogP contribution in [0.3, 0.4) is 0 Å². The van der Waals surface area contributed by atoms with E-state index in [1.807, 2.05) is 0 Å². The van der Waals surface area contributed by atoms with Gasteiger partial charge in [-0.25, -0.2) is 0 Å². The molecule has 0 heterocycles. The van der Waals surface area contributed by atoms with E-state index in [1.165, 1.54) is 6.42 Å². The van der Waals surface area contributed by atoms with Gasteiger partial charge in [-0.15, -0.1) is 0 Å². The minimum Gasteiger partial charge on any atom is -0.0863 e. The Morgan fingerprint density at radius 1 is 1.43 bits per heavy atom. The second kappa shape index (κ2) is 5.65. The maximum Gasteiger partial charge on any atom is 0.0806 e. The van der Waals surface area contributed by atoms with Crippen molar-refractivity contribution < 1.29 is 0 Å². The van der Waals surface area contributed by atoms with E-state index in [-0.39, 0.29) is 0 Å². The van der Waals surface area contributed by atoms with Gasteiger partial charge in [0.2, 0.25) is 0 Å². The fourth-order valence-corrected chi connectivity index (χ4v) is 5.69. The molecule has 0 bridgehead atoms. The fourth-order valence-electron chi connectivity index (χ4n) is 1.75. The highest BCUT2D eigenvalue weighted by Gasteiger charge is 2.18. The number of rotatable bonds is 3. The molecule has 0 saturated carbocycles. The van der Waals surface area contributed by atoms with Gasteiger partial charge < -0.3 is 0 Å². The molecule has 3 atom stereocenters. The third-order valence-corrected chi connectivity index (χ3v) is 11.5. The van der Waals surface area contributed by atoms with Crippen LogP contribution in [0.1, 0.15) is 13.3 Å². The van der Waals surface area contributed by atoms with Crippen molar-refractivity contribution in [3.8, 4) is 0 Å². The van der Waals surface area contributed by atoms with Crippen LogP contribution in [0.2, 0.25) is 25.2 Å². The molecule has 1 rings (SSSR count). The zero-order valence-electron chi connectivity index (χ0n) is 9.63. The Morgan fingerprint density at radius 3 is 2.43 bits per heavy atom. The summed E-state index contributed by atoms with van der Waals surface area (Å²) in [5.74, 6) is 0. The Kier molecular flexibility index (Phi) is 5.13. The lowest BCUT2D eigenvalue weighted by Gasteiger charge is -2.22. The molecule has 0 aromatic rings. The molecule has 0 spiro atoms. The summed E-state index contributed by atoms with van der Waals surface area (Å²) in [6.07, 6.45) is 8.79. The van der Waals surface area contributed by atoms with Crippen LogP contribution >= 0.6 is 22.6 Å². The Balaban J connectivity index is 2.59. The van der Waals surface area contributed by atoms with Crippen molar-refractivity contribution >= 4 is 40.2 Å². The second-order valence-electron chi connectivity index (χ2n) is 4.67. The van der Waals surface area contributed by atoms with Gasteiger partial charge in [-0.3, -0.25) is 0 Å². The molecular formula is C11H21ISi2. The van der Waals surface area contributed by atoms with Crippen LogP contribution in [-0.4, -0.2) is 21.1 Å². The molecule has 0 aromatic carbocycles. The Hall–Kier alpha value is 0.644. The van der Waals surface area contributed by atoms with Gasteiger partial charge in [-0.2, -0.15) is 0 Å². The van der Waals surface area contributed by atoms with Crippen molar-refractivity contribution in [3.05, 3.63) is 23.4 Å². The third-order valence-electron chi connectivity index (χ3n) is 3.23. The third kappa shape index (κ3) is 3.34. The van der Waals surface area contributed by atoms with E-state index in [9.17, 15) is 0 Å². The van der Waals surface area contributed by atoms with Crippen molar-refractivity contribution in [1.82, 2.24) is 0 Å². The highest BCUT2D eigenvalue weighted by molar-refractivity contribution is 14.1. The molecule has 3 heteroatoms. The summed E-state index contributed by atoms with van der Waals surface area (Å²) in [5.41, 5.74) is 0.921. The van der Waals surface area contributed by atoms with Gasteiger partial charge in [0.05, 0.1) is 8.80 Å². The molecule has 80 valence electrons. The first-order valence-electron chi connectivity index (χ1n) is 5.54. The maximum absolute atomic E-state index is 2.59. The van der Waals surface area contributed by atoms with Crippen LogP contribution in [-0.2, 0) is 0 Å². The lowest BCUT2D eigenvalue weighted by Crippen LogP contribution is -2.23. The monoisotopic (exact) mass is 336 g/mol. The Morgan fingerprint density at radius 2 is 2.07 bits per heavy atom. The van der Waals surface area contributed by atoms with Crippen molar-refractivity contribution in [1.29, 1.82) is 0 Å². The summed E-state index contributed by atoms with van der Waals surface area (Å²) in [5, 5.41) is 1.69. The molecule has 14 heavy (non-hydrogen) atoms. The first-order chi connectivity index (χ1) is 6.52. The van der Waals surface area contributed by atoms with Gasteiger partial charge in [0.15, 0.2) is 0 Å². The highest BCUT2D eigenvalue weighted by Crippen LogP contribution is 2.26. The first-order valence-corrected chi connectivity index (χ1v) is 12.2. The minimum atomic E-state index is -0.639. The molecule has 1 aliphatic carbocycles. The quantitative estimate of drug-likeness (QED) is 0.420. The zero-order valence-corrected chi connectivity index (χ0v) is 14.1. The molecule has 3 unspecified atom stereocenters. The number of halogens is 1. The van der Waals surface area contributed by atoms with E-state index in [0.29, 0.717) is 0 Å². The summed E-state index contributed by atoms with van der Waals surface area (Å²) in [7, 11) is -1.09. The second-order valence-corrected chi connectivity index (χ2v) is 14.6. The average Bonchev–Trinajstić information content (AvgIpc) is 2.16. The largest absolute Gasteiger partial charge is 0.0863 e. The summed E-state index contributed by atoms with van der Waals surface area (Å²) in [4.78, 5) is 0. The molecule has 0 nitrogen and oxygen atoms in total. The molecule has 0 aromatic heterocycles. The van der Waals surface area contributed by atoms with E-state index >= 15 is 0 Å². The van der Waals surface area contributed by atoms with Gasteiger partial charge in [-0.05, 0) is 12.0 Å². The highest BCUT2D eigenvalue weighted by atomic mass is 127. The standard InChI is InChI=1S/C11H21ISi2/c1-9(12)14(4)11-7-5-10(6-8-11)13(2)3/h5,7-10,13-14H,6H2,1-4H3. The van der Waals surface area contributed by atoms with E-state index < -0.39 is 17.6 Å². The lowest BCUT2D eigenvalue weighted by molar-refractivity contribution is 0.994. The number of allylic oxidation sites excluding steroid dienone is 4. The molecule has 0 saturated heterocycles. The van der Waals surface area contributed by atoms with Crippen LogP contribution in [0.4, 0.5) is 0 Å².